The lowest BCUT2D eigenvalue weighted by molar-refractivity contribution is -0.116. The van der Waals surface area contributed by atoms with E-state index in [-0.39, 0.29) is 17.0 Å². The number of alkyl halides is 1. The molecule has 0 fully saturated rings. The molecule has 0 spiro atoms. The molecule has 0 bridgehead atoms. The Morgan fingerprint density at radius 1 is 1.60 bits per heavy atom. The number of nitrogens with zero attached hydrogens (tertiary/aromatic N) is 2. The number of rotatable bonds is 4. The normalized spacial score (nSPS) is 11.6. The van der Waals surface area contributed by atoms with Crippen LogP contribution in [-0.2, 0) is 4.79 Å². The van der Waals surface area contributed by atoms with Crippen LogP contribution < -0.4 is 0 Å². The van der Waals surface area contributed by atoms with Crippen molar-refractivity contribution in [2.45, 2.75) is 11.2 Å². The number of hydrogen-bond acceptors (Lipinski definition) is 1. The highest BCUT2D eigenvalue weighted by Crippen LogP contribution is 2.31. The summed E-state index contributed by atoms with van der Waals surface area (Å²) >= 11 is 9.31. The lowest BCUT2D eigenvalue weighted by Crippen LogP contribution is -2.04. The zero-order valence-electron chi connectivity index (χ0n) is 7.73. The second kappa shape index (κ2) is 5.81. The van der Waals surface area contributed by atoms with Gasteiger partial charge in [0.2, 0.25) is 5.78 Å². The van der Waals surface area contributed by atoms with E-state index >= 15 is 0 Å². The topological polar surface area (TPSA) is 53.5 Å². The quantitative estimate of drug-likeness (QED) is 0.363. The van der Waals surface area contributed by atoms with Gasteiger partial charge >= 0.3 is 6.21 Å². The Morgan fingerprint density at radius 3 is 2.87 bits per heavy atom. The van der Waals surface area contributed by atoms with Gasteiger partial charge in [-0.3, -0.25) is 4.79 Å². The second-order valence-corrected chi connectivity index (χ2v) is 4.42. The van der Waals surface area contributed by atoms with E-state index in [1.807, 2.05) is 18.2 Å². The monoisotopic (exact) mass is 286 g/mol. The van der Waals surface area contributed by atoms with E-state index in [9.17, 15) is 4.79 Å². The molecule has 5 heteroatoms. The van der Waals surface area contributed by atoms with Gasteiger partial charge in [0, 0.05) is 16.3 Å². The molecular weight excluding hydrogens is 279 g/mol. The minimum absolute atomic E-state index is 0.170. The predicted octanol–water partition coefficient (Wildman–Crippen LogP) is 3.04. The van der Waals surface area contributed by atoms with Crippen LogP contribution in [0.4, 0.5) is 0 Å². The van der Waals surface area contributed by atoms with Crippen molar-refractivity contribution in [3.05, 3.63) is 40.4 Å². The minimum Gasteiger partial charge on any atom is -0.361 e. The standard InChI is InChI=1S/C10H8BrClN2O/c11-9(5-7(15)6-14-13)8-3-1-2-4-10(8)12/h1-4,6,9H,5H2. The molecular formula is C10H8BrClN2O. The van der Waals surface area contributed by atoms with Crippen molar-refractivity contribution in [2.75, 3.05) is 0 Å². The molecule has 0 saturated heterocycles. The van der Waals surface area contributed by atoms with Gasteiger partial charge < -0.3 is 5.53 Å². The van der Waals surface area contributed by atoms with Crippen molar-refractivity contribution in [3.63, 3.8) is 0 Å². The molecule has 3 nitrogen and oxygen atoms in total. The maximum absolute atomic E-state index is 11.2. The Bertz CT molecular complexity index is 416. The predicted molar refractivity (Wildman–Crippen MR) is 62.4 cm³/mol. The Labute approximate surface area is 101 Å². The van der Waals surface area contributed by atoms with E-state index in [1.165, 1.54) is 0 Å². The summed E-state index contributed by atoms with van der Waals surface area (Å²) in [6.07, 6.45) is 1.08. The molecule has 1 unspecified atom stereocenters. The van der Waals surface area contributed by atoms with Crippen LogP contribution in [0, 0.1) is 0 Å². The lowest BCUT2D eigenvalue weighted by atomic mass is 10.1. The SMILES string of the molecule is [N-]=[N+]=CC(=O)CC(Br)c1ccccc1Cl. The van der Waals surface area contributed by atoms with Crippen LogP contribution in [0.3, 0.4) is 0 Å². The highest BCUT2D eigenvalue weighted by atomic mass is 79.9. The average Bonchev–Trinajstić information content (AvgIpc) is 2.18. The molecule has 0 radical (unpaired) electrons. The number of benzene rings is 1. The zero-order chi connectivity index (χ0) is 11.3. The summed E-state index contributed by atoms with van der Waals surface area (Å²) in [5.41, 5.74) is 9.03. The maximum Gasteiger partial charge on any atom is 0.323 e. The summed E-state index contributed by atoms with van der Waals surface area (Å²) in [5, 5.41) is 0.605. The van der Waals surface area contributed by atoms with Crippen molar-refractivity contribution >= 4 is 39.5 Å². The Kier molecular flexibility index (Phi) is 4.69. The van der Waals surface area contributed by atoms with Crippen LogP contribution in [0.5, 0.6) is 0 Å². The number of Topliss-reactive ketones (excluding diaryl/α,β-unsaturated/α-hetero) is 1. The fourth-order valence-electron chi connectivity index (χ4n) is 1.13. The van der Waals surface area contributed by atoms with Gasteiger partial charge in [-0.2, -0.15) is 4.79 Å². The lowest BCUT2D eigenvalue weighted by Gasteiger charge is -2.08. The van der Waals surface area contributed by atoms with Gasteiger partial charge in [-0.25, -0.2) is 0 Å². The van der Waals surface area contributed by atoms with Crippen molar-refractivity contribution < 1.29 is 9.58 Å². The molecule has 1 atom stereocenters. The smallest absolute Gasteiger partial charge is 0.323 e. The van der Waals surface area contributed by atoms with E-state index in [0.29, 0.717) is 5.02 Å². The van der Waals surface area contributed by atoms with Gasteiger partial charge in [-0.15, -0.1) is 0 Å². The van der Waals surface area contributed by atoms with Crippen molar-refractivity contribution in [1.29, 1.82) is 0 Å². The van der Waals surface area contributed by atoms with E-state index in [2.05, 4.69) is 20.7 Å². The van der Waals surface area contributed by atoms with Gasteiger partial charge in [0.15, 0.2) is 0 Å². The third-order valence-corrected chi connectivity index (χ3v) is 2.99. The first kappa shape index (κ1) is 12.1. The molecule has 0 aliphatic heterocycles. The van der Waals surface area contributed by atoms with Gasteiger partial charge in [-0.05, 0) is 11.6 Å². The highest BCUT2D eigenvalue weighted by molar-refractivity contribution is 9.09. The first-order chi connectivity index (χ1) is 7.15. The van der Waals surface area contributed by atoms with E-state index in [0.717, 1.165) is 11.8 Å². The first-order valence-electron chi connectivity index (χ1n) is 4.24. The van der Waals surface area contributed by atoms with E-state index in [1.54, 1.807) is 6.07 Å². The summed E-state index contributed by atoms with van der Waals surface area (Å²) in [5.74, 6) is -0.265. The Morgan fingerprint density at radius 2 is 2.27 bits per heavy atom. The fourth-order valence-corrected chi connectivity index (χ4v) is 2.25. The molecule has 0 heterocycles. The van der Waals surface area contributed by atoms with Crippen molar-refractivity contribution in [1.82, 2.24) is 0 Å². The number of carbonyl (C=O) groups excluding carboxylic acids is 1. The number of carbonyl (C=O) groups is 1. The van der Waals surface area contributed by atoms with Crippen LogP contribution in [0.1, 0.15) is 16.8 Å². The molecule has 1 aromatic rings. The number of halogens is 2. The third kappa shape index (κ3) is 3.59. The third-order valence-electron chi connectivity index (χ3n) is 1.82. The van der Waals surface area contributed by atoms with Crippen LogP contribution >= 0.6 is 27.5 Å². The summed E-state index contributed by atoms with van der Waals surface area (Å²) in [7, 11) is 0. The van der Waals surface area contributed by atoms with Crippen LogP contribution in [-0.4, -0.2) is 16.8 Å². The van der Waals surface area contributed by atoms with Crippen molar-refractivity contribution in [3.8, 4) is 0 Å². The van der Waals surface area contributed by atoms with Crippen LogP contribution in [0.15, 0.2) is 24.3 Å². The maximum atomic E-state index is 11.2. The average molecular weight is 288 g/mol. The number of ketones is 1. The zero-order valence-corrected chi connectivity index (χ0v) is 10.1. The van der Waals surface area contributed by atoms with Crippen LogP contribution in [0.2, 0.25) is 5.02 Å². The minimum atomic E-state index is -0.265. The molecule has 15 heavy (non-hydrogen) atoms. The molecule has 0 saturated carbocycles. The largest absolute Gasteiger partial charge is 0.361 e. The molecule has 0 N–H and O–H groups in total. The molecule has 1 rings (SSSR count). The molecule has 0 aliphatic rings. The first-order valence-corrected chi connectivity index (χ1v) is 5.53. The molecule has 1 aromatic carbocycles. The summed E-state index contributed by atoms with van der Waals surface area (Å²) in [4.78, 5) is 13.7. The van der Waals surface area contributed by atoms with Gasteiger partial charge in [-0.1, -0.05) is 45.7 Å². The summed E-state index contributed by atoms with van der Waals surface area (Å²) < 4.78 is 0. The fraction of sp³-hybridized carbons (Fsp3) is 0.200. The summed E-state index contributed by atoms with van der Waals surface area (Å²) in [6, 6.07) is 7.27. The van der Waals surface area contributed by atoms with Gasteiger partial charge in [0.05, 0.1) is 0 Å². The van der Waals surface area contributed by atoms with Gasteiger partial charge in [0.25, 0.3) is 0 Å². The van der Waals surface area contributed by atoms with Crippen molar-refractivity contribution in [2.24, 2.45) is 0 Å². The van der Waals surface area contributed by atoms with Crippen LogP contribution in [0.25, 0.3) is 5.53 Å². The Hall–Kier alpha value is -0.960. The van der Waals surface area contributed by atoms with Gasteiger partial charge in [0.1, 0.15) is 0 Å². The molecule has 0 aromatic heterocycles. The molecule has 0 aliphatic carbocycles. The Balaban J connectivity index is 2.77. The highest BCUT2D eigenvalue weighted by Gasteiger charge is 2.15. The second-order valence-electron chi connectivity index (χ2n) is 2.90. The number of hydrogen-bond donors (Lipinski definition) is 0. The molecule has 78 valence electrons. The van der Waals surface area contributed by atoms with E-state index in [4.69, 9.17) is 17.1 Å². The van der Waals surface area contributed by atoms with E-state index < -0.39 is 0 Å². The molecule has 0 amide bonds. The summed E-state index contributed by atoms with van der Waals surface area (Å²) in [6.45, 7) is 0.